The van der Waals surface area contributed by atoms with Crippen LogP contribution in [0.2, 0.25) is 0 Å². The molecule has 1 saturated carbocycles. The molecule has 2 amide bonds. The lowest BCUT2D eigenvalue weighted by Gasteiger charge is -2.30. The van der Waals surface area contributed by atoms with Crippen LogP contribution in [0.3, 0.4) is 0 Å². The lowest BCUT2D eigenvalue weighted by atomic mass is 9.83. The summed E-state index contributed by atoms with van der Waals surface area (Å²) in [6, 6.07) is 7.88. The number of hydrogen-bond donors (Lipinski definition) is 3. The molecule has 0 radical (unpaired) electrons. The van der Waals surface area contributed by atoms with Crippen molar-refractivity contribution < 1.29 is 9.90 Å². The van der Waals surface area contributed by atoms with Gasteiger partial charge in [0.05, 0.1) is 16.8 Å². The van der Waals surface area contributed by atoms with Crippen molar-refractivity contribution in [3.63, 3.8) is 0 Å². The van der Waals surface area contributed by atoms with E-state index in [0.29, 0.717) is 18.9 Å². The summed E-state index contributed by atoms with van der Waals surface area (Å²) in [5.41, 5.74) is 0.972. The van der Waals surface area contributed by atoms with Crippen molar-refractivity contribution in [2.75, 3.05) is 6.61 Å². The lowest BCUT2D eigenvalue weighted by Crippen LogP contribution is -2.46. The van der Waals surface area contributed by atoms with Gasteiger partial charge in [0.1, 0.15) is 5.01 Å². The van der Waals surface area contributed by atoms with Gasteiger partial charge in [0.25, 0.3) is 0 Å². The van der Waals surface area contributed by atoms with Crippen LogP contribution >= 0.6 is 11.3 Å². The lowest BCUT2D eigenvalue weighted by molar-refractivity contribution is 0.196. The number of amides is 2. The van der Waals surface area contributed by atoms with Gasteiger partial charge in [-0.2, -0.15) is 0 Å². The Hall–Kier alpha value is -1.66. The van der Waals surface area contributed by atoms with E-state index in [1.54, 1.807) is 11.3 Å². The summed E-state index contributed by atoms with van der Waals surface area (Å²) in [6.07, 6.45) is 6.64. The smallest absolute Gasteiger partial charge is 0.315 e. The fraction of sp³-hybridized carbons (Fsp3) is 0.556. The molecule has 1 fully saturated rings. The van der Waals surface area contributed by atoms with Gasteiger partial charge in [-0.05, 0) is 37.3 Å². The quantitative estimate of drug-likeness (QED) is 0.749. The van der Waals surface area contributed by atoms with Crippen molar-refractivity contribution in [1.29, 1.82) is 0 Å². The third kappa shape index (κ3) is 4.45. The Morgan fingerprint density at radius 1 is 1.29 bits per heavy atom. The molecule has 1 heterocycles. The zero-order valence-electron chi connectivity index (χ0n) is 13.8. The second-order valence-corrected chi connectivity index (χ2v) is 7.53. The number of carbonyl (C=O) groups is 1. The molecular formula is C18H25N3O2S. The summed E-state index contributed by atoms with van der Waals surface area (Å²) in [4.78, 5) is 16.8. The van der Waals surface area contributed by atoms with E-state index < -0.39 is 0 Å². The molecule has 0 bridgehead atoms. The number of carbonyl (C=O) groups excluding carboxylic acids is 1. The first-order chi connectivity index (χ1) is 11.8. The third-order valence-electron chi connectivity index (χ3n) is 4.71. The van der Waals surface area contributed by atoms with Crippen LogP contribution in [0.1, 0.15) is 43.5 Å². The minimum atomic E-state index is -0.168. The molecule has 1 aromatic carbocycles. The van der Waals surface area contributed by atoms with Crippen molar-refractivity contribution in [2.24, 2.45) is 5.92 Å². The number of aliphatic hydroxyl groups is 1. The number of hydrogen-bond acceptors (Lipinski definition) is 4. The fourth-order valence-electron chi connectivity index (χ4n) is 3.47. The van der Waals surface area contributed by atoms with E-state index >= 15 is 0 Å². The molecule has 0 spiro atoms. The molecule has 130 valence electrons. The number of fused-ring (bicyclic) bond motifs is 1. The molecule has 3 N–H and O–H groups in total. The topological polar surface area (TPSA) is 74.2 Å². The molecule has 1 aliphatic carbocycles. The monoisotopic (exact) mass is 347 g/mol. The summed E-state index contributed by atoms with van der Waals surface area (Å²) in [5.74, 6) is 0.485. The molecule has 1 aliphatic rings. The minimum absolute atomic E-state index is 0.0608. The predicted octanol–water partition coefficient (Wildman–Crippen LogP) is 3.43. The SMILES string of the molecule is O=C(NCc1nc2ccccc2s1)NC(CCO)C1CCCCC1. The summed E-state index contributed by atoms with van der Waals surface area (Å²) >= 11 is 1.60. The van der Waals surface area contributed by atoms with Crippen molar-refractivity contribution in [3.8, 4) is 0 Å². The number of para-hydroxylation sites is 1. The molecule has 6 heteroatoms. The van der Waals surface area contributed by atoms with Crippen LogP contribution < -0.4 is 10.6 Å². The number of aromatic nitrogens is 1. The summed E-state index contributed by atoms with van der Waals surface area (Å²) in [5, 5.41) is 16.2. The van der Waals surface area contributed by atoms with Gasteiger partial charge in [0.15, 0.2) is 0 Å². The number of benzene rings is 1. The van der Waals surface area contributed by atoms with Crippen molar-refractivity contribution in [3.05, 3.63) is 29.3 Å². The molecule has 1 unspecified atom stereocenters. The van der Waals surface area contributed by atoms with Crippen LogP contribution in [0.5, 0.6) is 0 Å². The van der Waals surface area contributed by atoms with Crippen LogP contribution in [0.15, 0.2) is 24.3 Å². The van der Waals surface area contributed by atoms with Crippen LogP contribution in [-0.4, -0.2) is 28.8 Å². The summed E-state index contributed by atoms with van der Waals surface area (Å²) in [7, 11) is 0. The molecule has 0 aliphatic heterocycles. The van der Waals surface area contributed by atoms with Crippen LogP contribution in [0.25, 0.3) is 10.2 Å². The van der Waals surface area contributed by atoms with Crippen molar-refractivity contribution in [1.82, 2.24) is 15.6 Å². The van der Waals surface area contributed by atoms with E-state index in [1.807, 2.05) is 24.3 Å². The largest absolute Gasteiger partial charge is 0.396 e. The first kappa shape index (κ1) is 17.2. The number of nitrogens with zero attached hydrogens (tertiary/aromatic N) is 1. The zero-order chi connectivity index (χ0) is 16.8. The molecule has 3 rings (SSSR count). The van der Waals surface area contributed by atoms with Gasteiger partial charge in [-0.15, -0.1) is 11.3 Å². The first-order valence-electron chi connectivity index (χ1n) is 8.76. The highest BCUT2D eigenvalue weighted by Crippen LogP contribution is 2.27. The normalized spacial score (nSPS) is 16.9. The number of thiazole rings is 1. The average molecular weight is 347 g/mol. The standard InChI is InChI=1S/C18H25N3O2S/c22-11-10-14(13-6-2-1-3-7-13)21-18(23)19-12-17-20-15-8-4-5-9-16(15)24-17/h4-5,8-9,13-14,22H,1-3,6-7,10-12H2,(H2,19,21,23). The maximum atomic E-state index is 12.2. The molecule has 0 saturated heterocycles. The Kier molecular flexibility index (Phi) is 6.04. The van der Waals surface area contributed by atoms with Gasteiger partial charge >= 0.3 is 6.03 Å². The maximum absolute atomic E-state index is 12.2. The summed E-state index contributed by atoms with van der Waals surface area (Å²) < 4.78 is 1.13. The van der Waals surface area contributed by atoms with E-state index in [0.717, 1.165) is 28.1 Å². The van der Waals surface area contributed by atoms with Crippen molar-refractivity contribution in [2.45, 2.75) is 51.1 Å². The Balaban J connectivity index is 1.53. The Morgan fingerprint density at radius 3 is 2.83 bits per heavy atom. The van der Waals surface area contributed by atoms with Gasteiger partial charge in [-0.3, -0.25) is 0 Å². The molecular weight excluding hydrogens is 322 g/mol. The zero-order valence-corrected chi connectivity index (χ0v) is 14.6. The third-order valence-corrected chi connectivity index (χ3v) is 5.75. The molecule has 5 nitrogen and oxygen atoms in total. The summed E-state index contributed by atoms with van der Waals surface area (Å²) in [6.45, 7) is 0.543. The number of aliphatic hydroxyl groups excluding tert-OH is 1. The van der Waals surface area contributed by atoms with E-state index in [9.17, 15) is 9.90 Å². The van der Waals surface area contributed by atoms with E-state index in [1.165, 1.54) is 19.3 Å². The van der Waals surface area contributed by atoms with Gasteiger partial charge in [-0.25, -0.2) is 9.78 Å². The highest BCUT2D eigenvalue weighted by molar-refractivity contribution is 7.18. The molecule has 1 aromatic heterocycles. The predicted molar refractivity (Wildman–Crippen MR) is 97.1 cm³/mol. The van der Waals surface area contributed by atoms with Crippen LogP contribution in [0, 0.1) is 5.92 Å². The van der Waals surface area contributed by atoms with Gasteiger partial charge in [0.2, 0.25) is 0 Å². The Morgan fingerprint density at radius 2 is 2.08 bits per heavy atom. The Bertz CT molecular complexity index is 634. The highest BCUT2D eigenvalue weighted by atomic mass is 32.1. The fourth-order valence-corrected chi connectivity index (χ4v) is 4.38. The van der Waals surface area contributed by atoms with E-state index in [4.69, 9.17) is 0 Å². The number of rotatable bonds is 6. The van der Waals surface area contributed by atoms with E-state index in [-0.39, 0.29) is 18.7 Å². The van der Waals surface area contributed by atoms with E-state index in [2.05, 4.69) is 15.6 Å². The van der Waals surface area contributed by atoms with Crippen molar-refractivity contribution >= 4 is 27.6 Å². The number of urea groups is 1. The number of nitrogens with one attached hydrogen (secondary N) is 2. The molecule has 24 heavy (non-hydrogen) atoms. The highest BCUT2D eigenvalue weighted by Gasteiger charge is 2.24. The minimum Gasteiger partial charge on any atom is -0.396 e. The molecule has 2 aromatic rings. The van der Waals surface area contributed by atoms with Gasteiger partial charge < -0.3 is 15.7 Å². The van der Waals surface area contributed by atoms with Gasteiger partial charge in [-0.1, -0.05) is 31.4 Å². The van der Waals surface area contributed by atoms with Crippen LogP contribution in [-0.2, 0) is 6.54 Å². The second kappa shape index (κ2) is 8.44. The average Bonchev–Trinajstić information content (AvgIpc) is 3.03. The maximum Gasteiger partial charge on any atom is 0.315 e. The van der Waals surface area contributed by atoms with Crippen LogP contribution in [0.4, 0.5) is 4.79 Å². The first-order valence-corrected chi connectivity index (χ1v) is 9.57. The van der Waals surface area contributed by atoms with Gasteiger partial charge in [0, 0.05) is 12.6 Å². The second-order valence-electron chi connectivity index (χ2n) is 6.42. The Labute approximate surface area is 146 Å². The molecule has 1 atom stereocenters.